The van der Waals surface area contributed by atoms with Gasteiger partial charge in [-0.05, 0) is 43.7 Å². The van der Waals surface area contributed by atoms with E-state index in [1.807, 2.05) is 6.92 Å². The molecule has 3 aromatic rings. The lowest BCUT2D eigenvalue weighted by atomic mass is 10.1. The third-order valence-electron chi connectivity index (χ3n) is 4.50. The van der Waals surface area contributed by atoms with Gasteiger partial charge in [-0.3, -0.25) is 9.52 Å². The van der Waals surface area contributed by atoms with E-state index in [4.69, 9.17) is 0 Å². The van der Waals surface area contributed by atoms with Crippen molar-refractivity contribution in [3.63, 3.8) is 0 Å². The first-order valence-corrected chi connectivity index (χ1v) is 10.6. The quantitative estimate of drug-likeness (QED) is 0.578. The molecule has 162 valence electrons. The summed E-state index contributed by atoms with van der Waals surface area (Å²) in [6, 6.07) is 12.7. The molecule has 1 amide bonds. The van der Waals surface area contributed by atoms with Crippen molar-refractivity contribution in [2.45, 2.75) is 18.7 Å². The van der Waals surface area contributed by atoms with E-state index in [1.165, 1.54) is 18.2 Å². The predicted octanol–water partition coefficient (Wildman–Crippen LogP) is 4.64. The first-order valence-electron chi connectivity index (χ1n) is 9.15. The fourth-order valence-corrected chi connectivity index (χ4v) is 4.22. The molecular weight excluding hydrogens is 426 g/mol. The highest BCUT2D eigenvalue weighted by Crippen LogP contribution is 2.26. The zero-order valence-corrected chi connectivity index (χ0v) is 17.8. The number of aryl methyl sites for hydroxylation is 2. The number of nitrogens with one attached hydrogen (secondary N) is 2. The maximum absolute atomic E-state index is 13.9. The molecule has 0 spiro atoms. The molecule has 3 rings (SSSR count). The summed E-state index contributed by atoms with van der Waals surface area (Å²) in [5.74, 6) is -3.25. The minimum Gasteiger partial charge on any atom is -0.491 e. The Bertz CT molecular complexity index is 1220. The number of methoxy groups -OCH3 is 1. The summed E-state index contributed by atoms with van der Waals surface area (Å²) < 4.78 is 60.5. The molecule has 6 nitrogen and oxygen atoms in total. The molecule has 0 aliphatic heterocycles. The smallest absolute Gasteiger partial charge is 0.262 e. The second-order valence-electron chi connectivity index (χ2n) is 6.88. The second kappa shape index (κ2) is 8.73. The van der Waals surface area contributed by atoms with Crippen molar-refractivity contribution >= 4 is 27.3 Å². The summed E-state index contributed by atoms with van der Waals surface area (Å²) in [5.41, 5.74) is 1.65. The van der Waals surface area contributed by atoms with Crippen LogP contribution in [0, 0.1) is 25.5 Å². The van der Waals surface area contributed by atoms with Gasteiger partial charge < -0.3 is 10.1 Å². The van der Waals surface area contributed by atoms with E-state index in [-0.39, 0.29) is 16.1 Å². The Morgan fingerprint density at radius 2 is 1.52 bits per heavy atom. The fourth-order valence-electron chi connectivity index (χ4n) is 2.89. The lowest BCUT2D eigenvalue weighted by molar-refractivity contribution is 0.102. The molecule has 0 atom stereocenters. The highest BCUT2D eigenvalue weighted by atomic mass is 32.2. The molecule has 0 saturated heterocycles. The summed E-state index contributed by atoms with van der Waals surface area (Å²) in [4.78, 5) is 12.5. The average molecular weight is 446 g/mol. The van der Waals surface area contributed by atoms with E-state index in [9.17, 15) is 22.0 Å². The van der Waals surface area contributed by atoms with Crippen LogP contribution in [0.5, 0.6) is 5.75 Å². The Labute approximate surface area is 178 Å². The van der Waals surface area contributed by atoms with Crippen molar-refractivity contribution in [3.8, 4) is 5.75 Å². The lowest BCUT2D eigenvalue weighted by Gasteiger charge is -2.13. The summed E-state index contributed by atoms with van der Waals surface area (Å²) in [5, 5.41) is 2.36. The van der Waals surface area contributed by atoms with Crippen LogP contribution in [-0.4, -0.2) is 21.4 Å². The minimum atomic E-state index is -3.97. The normalized spacial score (nSPS) is 11.1. The van der Waals surface area contributed by atoms with Gasteiger partial charge in [-0.2, -0.15) is 0 Å². The number of carbonyl (C=O) groups is 1. The second-order valence-corrected chi connectivity index (χ2v) is 8.53. The first-order chi connectivity index (χ1) is 14.6. The van der Waals surface area contributed by atoms with Gasteiger partial charge >= 0.3 is 0 Å². The van der Waals surface area contributed by atoms with E-state index in [1.54, 1.807) is 31.2 Å². The van der Waals surface area contributed by atoms with Crippen molar-refractivity contribution in [1.29, 1.82) is 0 Å². The van der Waals surface area contributed by atoms with E-state index >= 15 is 0 Å². The third kappa shape index (κ3) is 5.00. The Kier molecular flexibility index (Phi) is 6.26. The van der Waals surface area contributed by atoms with Crippen LogP contribution in [0.25, 0.3) is 0 Å². The molecule has 0 aromatic heterocycles. The fraction of sp³-hybridized carbons (Fsp3) is 0.136. The number of anilines is 2. The van der Waals surface area contributed by atoms with Crippen LogP contribution >= 0.6 is 0 Å². The Morgan fingerprint density at radius 3 is 2.10 bits per heavy atom. The summed E-state index contributed by atoms with van der Waals surface area (Å²) >= 11 is 0. The van der Waals surface area contributed by atoms with Gasteiger partial charge in [0, 0.05) is 29.1 Å². The van der Waals surface area contributed by atoms with Crippen LogP contribution < -0.4 is 14.8 Å². The van der Waals surface area contributed by atoms with Crippen molar-refractivity contribution in [2.24, 2.45) is 0 Å². The molecule has 0 unspecified atom stereocenters. The number of ether oxygens (including phenoxy) is 1. The number of hydrogen-bond donors (Lipinski definition) is 2. The molecular formula is C22H20F2N2O4S. The highest BCUT2D eigenvalue weighted by molar-refractivity contribution is 7.92. The Hall–Kier alpha value is -3.46. The van der Waals surface area contributed by atoms with Crippen molar-refractivity contribution in [3.05, 3.63) is 82.9 Å². The molecule has 0 aliphatic carbocycles. The van der Waals surface area contributed by atoms with E-state index < -0.39 is 33.3 Å². The lowest BCUT2D eigenvalue weighted by Crippen LogP contribution is -2.17. The molecule has 0 saturated carbocycles. The Morgan fingerprint density at radius 1 is 0.903 bits per heavy atom. The van der Waals surface area contributed by atoms with Crippen LogP contribution in [0.3, 0.4) is 0 Å². The van der Waals surface area contributed by atoms with Crippen LogP contribution in [0.1, 0.15) is 21.5 Å². The minimum absolute atomic E-state index is 0.00603. The van der Waals surface area contributed by atoms with Gasteiger partial charge in [0.15, 0.2) is 17.4 Å². The predicted molar refractivity (Wildman–Crippen MR) is 114 cm³/mol. The molecule has 0 radical (unpaired) electrons. The molecule has 2 N–H and O–H groups in total. The van der Waals surface area contributed by atoms with Crippen molar-refractivity contribution < 1.29 is 26.7 Å². The molecule has 0 aliphatic rings. The van der Waals surface area contributed by atoms with E-state index in [0.29, 0.717) is 11.3 Å². The molecule has 9 heteroatoms. The zero-order chi connectivity index (χ0) is 22.8. The number of benzene rings is 3. The van der Waals surface area contributed by atoms with Gasteiger partial charge in [0.1, 0.15) is 0 Å². The van der Waals surface area contributed by atoms with Gasteiger partial charge in [0.2, 0.25) is 0 Å². The van der Waals surface area contributed by atoms with E-state index in [0.717, 1.165) is 24.8 Å². The van der Waals surface area contributed by atoms with Gasteiger partial charge in [0.05, 0.1) is 12.0 Å². The SMILES string of the molecule is COc1c(F)cc(NC(=O)c2ccc(C)c(S(=O)(=O)Nc3ccc(C)cc3)c2)cc1F. The van der Waals surface area contributed by atoms with Crippen LogP contribution in [0.4, 0.5) is 20.2 Å². The van der Waals surface area contributed by atoms with Crippen LogP contribution in [0.15, 0.2) is 59.5 Å². The molecule has 31 heavy (non-hydrogen) atoms. The number of rotatable bonds is 6. The number of amides is 1. The topological polar surface area (TPSA) is 84.5 Å². The van der Waals surface area contributed by atoms with Crippen molar-refractivity contribution in [1.82, 2.24) is 0 Å². The average Bonchev–Trinajstić information content (AvgIpc) is 2.69. The van der Waals surface area contributed by atoms with Crippen molar-refractivity contribution in [2.75, 3.05) is 17.1 Å². The zero-order valence-electron chi connectivity index (χ0n) is 17.0. The largest absolute Gasteiger partial charge is 0.491 e. The molecule has 0 bridgehead atoms. The van der Waals surface area contributed by atoms with Gasteiger partial charge in [-0.15, -0.1) is 0 Å². The van der Waals surface area contributed by atoms with Gasteiger partial charge in [0.25, 0.3) is 15.9 Å². The third-order valence-corrected chi connectivity index (χ3v) is 6.03. The monoisotopic (exact) mass is 446 g/mol. The van der Waals surface area contributed by atoms with Gasteiger partial charge in [-0.1, -0.05) is 23.8 Å². The number of hydrogen-bond acceptors (Lipinski definition) is 4. The summed E-state index contributed by atoms with van der Waals surface area (Å²) in [6.07, 6.45) is 0. The molecule has 0 fully saturated rings. The van der Waals surface area contributed by atoms with E-state index in [2.05, 4.69) is 14.8 Å². The number of carbonyl (C=O) groups excluding carboxylic acids is 1. The van der Waals surface area contributed by atoms with Gasteiger partial charge in [-0.25, -0.2) is 17.2 Å². The maximum Gasteiger partial charge on any atom is 0.262 e. The maximum atomic E-state index is 13.9. The standard InChI is InChI=1S/C22H20F2N2O4S/c1-13-4-8-16(9-5-13)26-31(28,29)20-10-15(7-6-14(20)2)22(27)25-17-11-18(23)21(30-3)19(24)12-17/h4-12,26H,1-3H3,(H,25,27). The first kappa shape index (κ1) is 22.2. The van der Waals surface area contributed by atoms with Crippen LogP contribution in [0.2, 0.25) is 0 Å². The number of halogens is 2. The Balaban J connectivity index is 1.88. The molecule has 0 heterocycles. The van der Waals surface area contributed by atoms with Crippen LogP contribution in [-0.2, 0) is 10.0 Å². The molecule has 3 aromatic carbocycles. The highest BCUT2D eigenvalue weighted by Gasteiger charge is 2.20. The number of sulfonamides is 1. The summed E-state index contributed by atoms with van der Waals surface area (Å²) in [6.45, 7) is 3.48. The summed E-state index contributed by atoms with van der Waals surface area (Å²) in [7, 11) is -2.85.